The predicted octanol–water partition coefficient (Wildman–Crippen LogP) is -0.333. The minimum Gasteiger partial charge on any atom is -0.351 e. The molecular weight excluding hydrogens is 476 g/mol. The normalized spacial score (nSPS) is 16.2. The van der Waals surface area contributed by atoms with Crippen LogP contribution in [-0.2, 0) is 16.0 Å². The number of rotatable bonds is 7. The first-order valence-electron chi connectivity index (χ1n) is 12.4. The van der Waals surface area contributed by atoms with Gasteiger partial charge in [0.1, 0.15) is 5.82 Å². The number of carbonyl (C=O) groups is 3. The zero-order valence-corrected chi connectivity index (χ0v) is 21.2. The molecule has 198 valence electrons. The van der Waals surface area contributed by atoms with Gasteiger partial charge >= 0.3 is 11.7 Å². The summed E-state index contributed by atoms with van der Waals surface area (Å²) < 4.78 is 1.38. The van der Waals surface area contributed by atoms with Gasteiger partial charge in [0.25, 0.3) is 0 Å². The van der Waals surface area contributed by atoms with Gasteiger partial charge in [0, 0.05) is 51.9 Å². The van der Waals surface area contributed by atoms with Crippen LogP contribution in [0.15, 0.2) is 41.3 Å². The van der Waals surface area contributed by atoms with E-state index in [1.807, 2.05) is 12.1 Å². The third-order valence-electron chi connectivity index (χ3n) is 6.45. The Morgan fingerprint density at radius 1 is 1.05 bits per heavy atom. The summed E-state index contributed by atoms with van der Waals surface area (Å²) in [6.45, 7) is 6.45. The van der Waals surface area contributed by atoms with Gasteiger partial charge in [-0.05, 0) is 44.0 Å². The lowest BCUT2D eigenvalue weighted by Crippen LogP contribution is -2.58. The van der Waals surface area contributed by atoms with Crippen molar-refractivity contribution in [3.05, 3.63) is 52.6 Å². The molecule has 0 bridgehead atoms. The van der Waals surface area contributed by atoms with Crippen LogP contribution in [0.1, 0.15) is 25.8 Å². The molecule has 37 heavy (non-hydrogen) atoms. The second-order valence-corrected chi connectivity index (χ2v) is 9.99. The van der Waals surface area contributed by atoms with Crippen molar-refractivity contribution in [3.8, 4) is 5.69 Å². The van der Waals surface area contributed by atoms with Crippen LogP contribution >= 0.6 is 0 Å². The molecule has 4 rings (SSSR count). The van der Waals surface area contributed by atoms with E-state index < -0.39 is 11.2 Å². The first kappa shape index (κ1) is 26.3. The molecule has 2 fully saturated rings. The van der Waals surface area contributed by atoms with Gasteiger partial charge in [0.15, 0.2) is 0 Å². The summed E-state index contributed by atoms with van der Waals surface area (Å²) in [5.41, 5.74) is 6.03. The molecule has 2 aliphatic heterocycles. The van der Waals surface area contributed by atoms with E-state index in [1.54, 1.807) is 48.0 Å². The summed E-state index contributed by atoms with van der Waals surface area (Å²) in [7, 11) is 0. The van der Waals surface area contributed by atoms with E-state index in [9.17, 15) is 19.2 Å². The fourth-order valence-electron chi connectivity index (χ4n) is 4.15. The molecule has 5 N–H and O–H groups in total. The number of nitrogens with zero attached hydrogens (tertiary/aromatic N) is 4. The Labute approximate surface area is 215 Å². The van der Waals surface area contributed by atoms with Crippen molar-refractivity contribution >= 4 is 23.7 Å². The molecule has 0 radical (unpaired) electrons. The van der Waals surface area contributed by atoms with Crippen LogP contribution in [0.5, 0.6) is 0 Å². The fraction of sp³-hybridized carbons (Fsp3) is 0.480. The molecule has 0 aliphatic carbocycles. The number of urea groups is 1. The Morgan fingerprint density at radius 2 is 1.70 bits per heavy atom. The van der Waals surface area contributed by atoms with Crippen molar-refractivity contribution in [2.75, 3.05) is 44.6 Å². The van der Waals surface area contributed by atoms with Crippen LogP contribution in [0.2, 0.25) is 0 Å². The van der Waals surface area contributed by atoms with Crippen molar-refractivity contribution < 1.29 is 14.4 Å². The van der Waals surface area contributed by atoms with E-state index in [-0.39, 0.29) is 29.7 Å². The van der Waals surface area contributed by atoms with Gasteiger partial charge in [-0.25, -0.2) is 9.59 Å². The number of piperazine rings is 1. The number of hydrogen-bond acceptors (Lipinski definition) is 7. The van der Waals surface area contributed by atoms with E-state index in [0.717, 1.165) is 18.7 Å². The summed E-state index contributed by atoms with van der Waals surface area (Å²) in [6.07, 6.45) is 2.57. The molecule has 0 saturated carbocycles. The maximum Gasteiger partial charge on any atom is 0.354 e. The number of amides is 4. The lowest BCUT2D eigenvalue weighted by atomic mass is 10.1. The average molecular weight is 511 g/mol. The van der Waals surface area contributed by atoms with Crippen molar-refractivity contribution in [1.82, 2.24) is 30.0 Å². The second-order valence-electron chi connectivity index (χ2n) is 9.99. The van der Waals surface area contributed by atoms with Gasteiger partial charge in [0.2, 0.25) is 11.8 Å². The molecule has 2 aliphatic rings. The third kappa shape index (κ3) is 6.71. The van der Waals surface area contributed by atoms with Gasteiger partial charge in [-0.3, -0.25) is 19.5 Å². The molecule has 0 spiro atoms. The quantitative estimate of drug-likeness (QED) is 0.397. The van der Waals surface area contributed by atoms with Gasteiger partial charge < -0.3 is 26.2 Å². The van der Waals surface area contributed by atoms with Crippen molar-refractivity contribution in [2.45, 2.75) is 38.3 Å². The summed E-state index contributed by atoms with van der Waals surface area (Å²) in [6, 6.07) is 8.76. The Balaban J connectivity index is 1.29. The monoisotopic (exact) mass is 510 g/mol. The van der Waals surface area contributed by atoms with Crippen LogP contribution < -0.4 is 27.4 Å². The Bertz CT molecular complexity index is 1190. The van der Waals surface area contributed by atoms with E-state index in [4.69, 9.17) is 5.73 Å². The number of aryl methyl sites for hydroxylation is 1. The Kier molecular flexibility index (Phi) is 7.89. The van der Waals surface area contributed by atoms with E-state index >= 15 is 0 Å². The first-order chi connectivity index (χ1) is 17.6. The third-order valence-corrected chi connectivity index (χ3v) is 6.45. The minimum absolute atomic E-state index is 0.0310. The van der Waals surface area contributed by atoms with Crippen LogP contribution in [0.4, 0.5) is 10.6 Å². The maximum atomic E-state index is 12.6. The Hall–Kier alpha value is -3.77. The topological polar surface area (TPSA) is 155 Å². The summed E-state index contributed by atoms with van der Waals surface area (Å²) in [5, 5.41) is 8.75. The van der Waals surface area contributed by atoms with Crippen LogP contribution in [0, 0.1) is 0 Å². The highest BCUT2D eigenvalue weighted by Crippen LogP contribution is 2.12. The van der Waals surface area contributed by atoms with Crippen LogP contribution in [0.25, 0.3) is 5.69 Å². The highest BCUT2D eigenvalue weighted by atomic mass is 16.2. The number of nitrogens with one attached hydrogen (secondary N) is 3. The van der Waals surface area contributed by atoms with E-state index in [0.29, 0.717) is 44.7 Å². The van der Waals surface area contributed by atoms with Crippen molar-refractivity contribution in [2.24, 2.45) is 5.73 Å². The Morgan fingerprint density at radius 3 is 2.27 bits per heavy atom. The SMILES string of the molecule is CC(C)(N)C(=O)N1CCN(C(=O)Nc2ccn(-c3ccc(CCC(=O)NC4CNC4)cc3)c(=O)n2)CC1. The lowest BCUT2D eigenvalue weighted by molar-refractivity contribution is -0.137. The highest BCUT2D eigenvalue weighted by Gasteiger charge is 2.31. The number of benzene rings is 1. The van der Waals surface area contributed by atoms with Crippen molar-refractivity contribution in [3.63, 3.8) is 0 Å². The number of hydrogen-bond donors (Lipinski definition) is 4. The van der Waals surface area contributed by atoms with E-state index in [2.05, 4.69) is 20.9 Å². The van der Waals surface area contributed by atoms with Gasteiger partial charge in [-0.1, -0.05) is 12.1 Å². The zero-order valence-electron chi connectivity index (χ0n) is 21.2. The lowest BCUT2D eigenvalue weighted by Gasteiger charge is -2.37. The summed E-state index contributed by atoms with van der Waals surface area (Å²) in [5.74, 6) is 0.0266. The zero-order chi connectivity index (χ0) is 26.6. The number of nitrogens with two attached hydrogens (primary N) is 1. The molecule has 3 heterocycles. The number of aromatic nitrogens is 2. The number of carbonyl (C=O) groups excluding carboxylic acids is 3. The van der Waals surface area contributed by atoms with Gasteiger partial charge in [0.05, 0.1) is 17.3 Å². The molecule has 0 unspecified atom stereocenters. The van der Waals surface area contributed by atoms with Gasteiger partial charge in [-0.15, -0.1) is 0 Å². The summed E-state index contributed by atoms with van der Waals surface area (Å²) >= 11 is 0. The van der Waals surface area contributed by atoms with Crippen LogP contribution in [0.3, 0.4) is 0 Å². The first-order valence-corrected chi connectivity index (χ1v) is 12.4. The minimum atomic E-state index is -0.956. The molecule has 12 heteroatoms. The van der Waals surface area contributed by atoms with Crippen molar-refractivity contribution in [1.29, 1.82) is 0 Å². The number of anilines is 1. The standard InChI is InChI=1S/C25H34N8O4/c1-25(2,26)22(35)31-11-13-32(14-12-31)23(36)29-20-9-10-33(24(37)30-20)19-6-3-17(4-7-19)5-8-21(34)28-18-15-27-16-18/h3-4,6-7,9-10,18,27H,5,8,11-16,26H2,1-2H3,(H,28,34)(H,29,30,36,37). The smallest absolute Gasteiger partial charge is 0.351 e. The van der Waals surface area contributed by atoms with Crippen LogP contribution in [-0.4, -0.2) is 88.0 Å². The maximum absolute atomic E-state index is 12.6. The highest BCUT2D eigenvalue weighted by molar-refractivity contribution is 5.89. The average Bonchev–Trinajstić information content (AvgIpc) is 2.84. The van der Waals surface area contributed by atoms with E-state index in [1.165, 1.54) is 4.57 Å². The molecule has 12 nitrogen and oxygen atoms in total. The molecule has 1 aromatic heterocycles. The largest absolute Gasteiger partial charge is 0.354 e. The molecule has 4 amide bonds. The second kappa shape index (κ2) is 11.1. The van der Waals surface area contributed by atoms with Gasteiger partial charge in [-0.2, -0.15) is 4.98 Å². The predicted molar refractivity (Wildman–Crippen MR) is 138 cm³/mol. The fourth-order valence-corrected chi connectivity index (χ4v) is 4.15. The molecule has 2 saturated heterocycles. The molecule has 2 aromatic rings. The molecule has 0 atom stereocenters. The molecule has 1 aromatic carbocycles. The summed E-state index contributed by atoms with van der Waals surface area (Å²) in [4.78, 5) is 56.8. The molecular formula is C25H34N8O4.